The molecule has 1 saturated carbocycles. The molecule has 2 aromatic rings. The minimum atomic E-state index is -0.521. The standard InChI is InChI=1S/C24H30N4O3/c1-16-5-6-19-20(27-16)18(17(13-25)14-26-19)7-8-24-11-9-23(10-12-24,15-30-24)28-21(29)31-22(2,3)4/h5-6,14H,7-12,15H2,1-4H3,(H,28,29). The molecule has 1 N–H and O–H groups in total. The predicted molar refractivity (Wildman–Crippen MR) is 117 cm³/mol. The molecule has 0 atom stereocenters. The maximum Gasteiger partial charge on any atom is 0.408 e. The highest BCUT2D eigenvalue weighted by molar-refractivity contribution is 5.80. The molecule has 3 fully saturated rings. The van der Waals surface area contributed by atoms with Crippen LogP contribution in [0.15, 0.2) is 18.3 Å². The van der Waals surface area contributed by atoms with Gasteiger partial charge < -0.3 is 14.8 Å². The van der Waals surface area contributed by atoms with Crippen molar-refractivity contribution in [2.45, 2.75) is 83.0 Å². The molecule has 31 heavy (non-hydrogen) atoms. The number of nitrogens with zero attached hydrogens (tertiary/aromatic N) is 3. The molecule has 7 nitrogen and oxygen atoms in total. The number of carbonyl (C=O) groups is 1. The summed E-state index contributed by atoms with van der Waals surface area (Å²) in [7, 11) is 0. The lowest BCUT2D eigenvalue weighted by Gasteiger charge is -2.53. The van der Waals surface area contributed by atoms with Crippen molar-refractivity contribution < 1.29 is 14.3 Å². The van der Waals surface area contributed by atoms with Crippen molar-refractivity contribution in [2.24, 2.45) is 0 Å². The van der Waals surface area contributed by atoms with Crippen LogP contribution in [-0.2, 0) is 15.9 Å². The average Bonchev–Trinajstić information content (AvgIpc) is 2.71. The Bertz CT molecular complexity index is 1030. The molecule has 3 aliphatic rings. The van der Waals surface area contributed by atoms with E-state index in [9.17, 15) is 10.1 Å². The first kappa shape index (κ1) is 21.5. The van der Waals surface area contributed by atoms with Gasteiger partial charge in [0.1, 0.15) is 11.7 Å². The summed E-state index contributed by atoms with van der Waals surface area (Å²) in [6.07, 6.45) is 6.28. The van der Waals surface area contributed by atoms with Gasteiger partial charge in [0.25, 0.3) is 0 Å². The van der Waals surface area contributed by atoms with Gasteiger partial charge in [-0.15, -0.1) is 0 Å². The Morgan fingerprint density at radius 2 is 2.03 bits per heavy atom. The maximum atomic E-state index is 12.3. The van der Waals surface area contributed by atoms with Gasteiger partial charge >= 0.3 is 6.09 Å². The highest BCUT2D eigenvalue weighted by atomic mass is 16.6. The minimum absolute atomic E-state index is 0.219. The Balaban J connectivity index is 1.46. The summed E-state index contributed by atoms with van der Waals surface area (Å²) in [4.78, 5) is 21.3. The average molecular weight is 423 g/mol. The van der Waals surface area contributed by atoms with Crippen LogP contribution in [0.3, 0.4) is 0 Å². The lowest BCUT2D eigenvalue weighted by atomic mass is 9.69. The Labute approximate surface area is 183 Å². The van der Waals surface area contributed by atoms with E-state index in [1.807, 2.05) is 39.8 Å². The highest BCUT2D eigenvalue weighted by Gasteiger charge is 2.50. The molecule has 2 aliphatic heterocycles. The zero-order valence-corrected chi connectivity index (χ0v) is 18.7. The number of rotatable bonds is 4. The summed E-state index contributed by atoms with van der Waals surface area (Å²) >= 11 is 0. The SMILES string of the molecule is Cc1ccc2ncc(C#N)c(CCC34CCC(NC(=O)OC(C)(C)C)(CC3)CO4)c2n1. The van der Waals surface area contributed by atoms with Gasteiger partial charge in [-0.2, -0.15) is 5.26 Å². The molecule has 2 saturated heterocycles. The van der Waals surface area contributed by atoms with Crippen LogP contribution in [0.2, 0.25) is 0 Å². The second-order valence-corrected chi connectivity index (χ2v) is 9.96. The van der Waals surface area contributed by atoms with E-state index >= 15 is 0 Å². The minimum Gasteiger partial charge on any atom is -0.444 e. The third-order valence-electron chi connectivity index (χ3n) is 6.45. The Kier molecular flexibility index (Phi) is 5.38. The summed E-state index contributed by atoms with van der Waals surface area (Å²) in [6, 6.07) is 6.17. The number of carbonyl (C=O) groups excluding carboxylic acids is 1. The molecule has 2 bridgehead atoms. The van der Waals surface area contributed by atoms with Gasteiger partial charge in [-0.05, 0) is 83.9 Å². The molecule has 5 rings (SSSR count). The smallest absolute Gasteiger partial charge is 0.408 e. The molecule has 0 unspecified atom stereocenters. The van der Waals surface area contributed by atoms with Gasteiger partial charge in [-0.3, -0.25) is 9.97 Å². The molecule has 1 aliphatic carbocycles. The first-order valence-electron chi connectivity index (χ1n) is 10.9. The van der Waals surface area contributed by atoms with Crippen molar-refractivity contribution in [3.63, 3.8) is 0 Å². The van der Waals surface area contributed by atoms with Crippen LogP contribution >= 0.6 is 0 Å². The second-order valence-electron chi connectivity index (χ2n) is 9.96. The number of hydrogen-bond donors (Lipinski definition) is 1. The van der Waals surface area contributed by atoms with E-state index in [-0.39, 0.29) is 17.2 Å². The Morgan fingerprint density at radius 3 is 2.65 bits per heavy atom. The number of nitrogens with one attached hydrogen (secondary N) is 1. The van der Waals surface area contributed by atoms with E-state index in [4.69, 9.17) is 9.47 Å². The number of nitriles is 1. The fourth-order valence-electron chi connectivity index (χ4n) is 4.68. The van der Waals surface area contributed by atoms with Crippen molar-refractivity contribution in [1.82, 2.24) is 15.3 Å². The van der Waals surface area contributed by atoms with Crippen LogP contribution in [0, 0.1) is 18.3 Å². The molecular weight excluding hydrogens is 392 g/mol. The molecule has 1 amide bonds. The second kappa shape index (κ2) is 7.76. The Morgan fingerprint density at radius 1 is 1.29 bits per heavy atom. The van der Waals surface area contributed by atoms with E-state index in [1.165, 1.54) is 0 Å². The first-order valence-corrected chi connectivity index (χ1v) is 10.9. The van der Waals surface area contributed by atoms with E-state index in [0.717, 1.165) is 54.4 Å². The molecular formula is C24H30N4O3. The molecule has 4 heterocycles. The van der Waals surface area contributed by atoms with E-state index in [0.29, 0.717) is 18.6 Å². The zero-order valence-electron chi connectivity index (χ0n) is 18.7. The number of ether oxygens (including phenoxy) is 2. The third-order valence-corrected chi connectivity index (χ3v) is 6.45. The van der Waals surface area contributed by atoms with Crippen molar-refractivity contribution in [2.75, 3.05) is 6.61 Å². The summed E-state index contributed by atoms with van der Waals surface area (Å²) in [5.41, 5.74) is 2.97. The van der Waals surface area contributed by atoms with Crippen LogP contribution in [0.5, 0.6) is 0 Å². The maximum absolute atomic E-state index is 12.3. The number of fused-ring (bicyclic) bond motifs is 4. The van der Waals surface area contributed by atoms with Crippen molar-refractivity contribution in [3.05, 3.63) is 35.2 Å². The van der Waals surface area contributed by atoms with Gasteiger partial charge in [0.15, 0.2) is 0 Å². The quantitative estimate of drug-likeness (QED) is 0.787. The molecule has 0 aromatic carbocycles. The lowest BCUT2D eigenvalue weighted by molar-refractivity contribution is -0.163. The normalized spacial score (nSPS) is 25.3. The van der Waals surface area contributed by atoms with E-state index < -0.39 is 5.60 Å². The number of alkyl carbamates (subject to hydrolysis) is 1. The largest absolute Gasteiger partial charge is 0.444 e. The van der Waals surface area contributed by atoms with Crippen molar-refractivity contribution in [3.8, 4) is 6.07 Å². The van der Waals surface area contributed by atoms with Crippen LogP contribution < -0.4 is 5.32 Å². The molecule has 0 radical (unpaired) electrons. The Hall–Kier alpha value is -2.72. The summed E-state index contributed by atoms with van der Waals surface area (Å²) in [6.45, 7) is 8.03. The van der Waals surface area contributed by atoms with Crippen molar-refractivity contribution >= 4 is 17.1 Å². The number of amides is 1. The van der Waals surface area contributed by atoms with Crippen LogP contribution in [0.4, 0.5) is 4.79 Å². The predicted octanol–water partition coefficient (Wildman–Crippen LogP) is 4.35. The topological polar surface area (TPSA) is 97.1 Å². The van der Waals surface area contributed by atoms with Gasteiger partial charge in [-0.1, -0.05) is 0 Å². The molecule has 0 spiro atoms. The van der Waals surface area contributed by atoms with Gasteiger partial charge in [0.05, 0.1) is 34.3 Å². The molecule has 164 valence electrons. The number of aromatic nitrogens is 2. The van der Waals surface area contributed by atoms with Crippen LogP contribution in [0.1, 0.15) is 69.7 Å². The monoisotopic (exact) mass is 422 g/mol. The van der Waals surface area contributed by atoms with Crippen LogP contribution in [0.25, 0.3) is 11.0 Å². The van der Waals surface area contributed by atoms with Crippen LogP contribution in [-0.4, -0.2) is 39.4 Å². The summed E-state index contributed by atoms with van der Waals surface area (Å²) in [5.74, 6) is 0. The van der Waals surface area contributed by atoms with Crippen molar-refractivity contribution in [1.29, 1.82) is 5.26 Å². The number of aryl methyl sites for hydroxylation is 2. The summed E-state index contributed by atoms with van der Waals surface area (Å²) in [5, 5.41) is 12.7. The number of hydrogen-bond acceptors (Lipinski definition) is 6. The van der Waals surface area contributed by atoms with E-state index in [2.05, 4.69) is 21.4 Å². The zero-order chi connectivity index (χ0) is 22.3. The lowest BCUT2D eigenvalue weighted by Crippen LogP contribution is -2.63. The summed E-state index contributed by atoms with van der Waals surface area (Å²) < 4.78 is 11.8. The fraction of sp³-hybridized carbons (Fsp3) is 0.583. The third kappa shape index (κ3) is 4.49. The van der Waals surface area contributed by atoms with Gasteiger partial charge in [-0.25, -0.2) is 4.79 Å². The van der Waals surface area contributed by atoms with Gasteiger partial charge in [0, 0.05) is 11.9 Å². The highest BCUT2D eigenvalue weighted by Crippen LogP contribution is 2.46. The molecule has 2 aromatic heterocycles. The molecule has 7 heteroatoms. The first-order chi connectivity index (χ1) is 14.6. The van der Waals surface area contributed by atoms with Gasteiger partial charge in [0.2, 0.25) is 0 Å². The van der Waals surface area contributed by atoms with E-state index in [1.54, 1.807) is 6.20 Å². The fourth-order valence-corrected chi connectivity index (χ4v) is 4.68. The number of pyridine rings is 2.